The van der Waals surface area contributed by atoms with E-state index >= 15 is 0 Å². The Kier molecular flexibility index (Phi) is 5.48. The van der Waals surface area contributed by atoms with Gasteiger partial charge in [0.2, 0.25) is 0 Å². The molecule has 0 heterocycles. The Morgan fingerprint density at radius 3 is 2.37 bits per heavy atom. The Labute approximate surface area is 112 Å². The van der Waals surface area contributed by atoms with E-state index in [9.17, 15) is 14.4 Å². The Bertz CT molecular complexity index is 404. The number of hydrogen-bond donors (Lipinski definition) is 0. The molecule has 0 unspecified atom stereocenters. The first-order chi connectivity index (χ1) is 9.06. The van der Waals surface area contributed by atoms with E-state index in [1.54, 1.807) is 6.08 Å². The Balaban J connectivity index is 3.20. The van der Waals surface area contributed by atoms with Crippen LogP contribution in [0.25, 0.3) is 0 Å². The molecule has 0 fully saturated rings. The molecule has 5 heteroatoms. The molecular weight excluding hydrogens is 248 g/mol. The first kappa shape index (κ1) is 15.1. The maximum Gasteiger partial charge on any atom is 0.327 e. The van der Waals surface area contributed by atoms with Gasteiger partial charge in [-0.15, -0.1) is 0 Å². The fourth-order valence-corrected chi connectivity index (χ4v) is 1.92. The van der Waals surface area contributed by atoms with Gasteiger partial charge in [-0.2, -0.15) is 0 Å². The van der Waals surface area contributed by atoms with Crippen molar-refractivity contribution in [2.75, 3.05) is 14.2 Å². The molecule has 0 radical (unpaired) electrons. The summed E-state index contributed by atoms with van der Waals surface area (Å²) in [5.74, 6) is -1.57. The standard InChI is InChI=1S/C14H18O5/c1-18-12(16)14(13(17)19-2)9-6-4-3-5-7-11(15)8-10-14/h4,6,8,10H,3,5,7,9H2,1-2H3/b6-4-,10-8-. The maximum absolute atomic E-state index is 11.9. The van der Waals surface area contributed by atoms with Gasteiger partial charge in [-0.1, -0.05) is 18.2 Å². The van der Waals surface area contributed by atoms with E-state index in [1.807, 2.05) is 6.08 Å². The number of allylic oxidation sites excluding steroid dienone is 3. The minimum atomic E-state index is -1.58. The molecule has 104 valence electrons. The van der Waals surface area contributed by atoms with Crippen LogP contribution in [0.1, 0.15) is 25.7 Å². The summed E-state index contributed by atoms with van der Waals surface area (Å²) < 4.78 is 9.37. The minimum absolute atomic E-state index is 0.118. The predicted molar refractivity (Wildman–Crippen MR) is 68.2 cm³/mol. The van der Waals surface area contributed by atoms with Crippen LogP contribution in [0.5, 0.6) is 0 Å². The second kappa shape index (κ2) is 6.87. The molecular formula is C14H18O5. The van der Waals surface area contributed by atoms with Gasteiger partial charge in [-0.25, -0.2) is 0 Å². The van der Waals surface area contributed by atoms with E-state index in [0.717, 1.165) is 12.8 Å². The van der Waals surface area contributed by atoms with E-state index in [4.69, 9.17) is 0 Å². The fraction of sp³-hybridized carbons (Fsp3) is 0.500. The van der Waals surface area contributed by atoms with E-state index in [-0.39, 0.29) is 12.2 Å². The lowest BCUT2D eigenvalue weighted by molar-refractivity contribution is -0.164. The lowest BCUT2D eigenvalue weighted by atomic mass is 9.82. The van der Waals surface area contributed by atoms with Gasteiger partial charge in [0.05, 0.1) is 14.2 Å². The molecule has 0 aromatic heterocycles. The summed E-state index contributed by atoms with van der Waals surface area (Å²) >= 11 is 0. The molecule has 0 saturated carbocycles. The van der Waals surface area contributed by atoms with Gasteiger partial charge in [0.25, 0.3) is 0 Å². The zero-order valence-electron chi connectivity index (χ0n) is 11.2. The molecule has 0 atom stereocenters. The zero-order chi connectivity index (χ0) is 14.3. The van der Waals surface area contributed by atoms with Crippen molar-refractivity contribution in [1.29, 1.82) is 0 Å². The topological polar surface area (TPSA) is 69.7 Å². The van der Waals surface area contributed by atoms with Crippen molar-refractivity contribution in [2.24, 2.45) is 5.41 Å². The van der Waals surface area contributed by atoms with Crippen molar-refractivity contribution in [3.8, 4) is 0 Å². The van der Waals surface area contributed by atoms with Crippen LogP contribution in [0.15, 0.2) is 24.3 Å². The van der Waals surface area contributed by atoms with E-state index < -0.39 is 17.4 Å². The van der Waals surface area contributed by atoms with E-state index in [1.165, 1.54) is 26.4 Å². The quantitative estimate of drug-likeness (QED) is 0.431. The molecule has 0 spiro atoms. The number of carbonyl (C=O) groups excluding carboxylic acids is 3. The third kappa shape index (κ3) is 3.53. The molecule has 0 aromatic carbocycles. The Morgan fingerprint density at radius 2 is 1.79 bits per heavy atom. The van der Waals surface area contributed by atoms with Gasteiger partial charge in [0.1, 0.15) is 0 Å². The molecule has 0 aromatic rings. The summed E-state index contributed by atoms with van der Waals surface area (Å²) in [4.78, 5) is 35.5. The van der Waals surface area contributed by atoms with Crippen LogP contribution >= 0.6 is 0 Å². The van der Waals surface area contributed by atoms with Crippen molar-refractivity contribution < 1.29 is 23.9 Å². The molecule has 19 heavy (non-hydrogen) atoms. The van der Waals surface area contributed by atoms with Crippen molar-refractivity contribution >= 4 is 17.7 Å². The van der Waals surface area contributed by atoms with Gasteiger partial charge < -0.3 is 9.47 Å². The third-order valence-corrected chi connectivity index (χ3v) is 3.05. The van der Waals surface area contributed by atoms with Crippen molar-refractivity contribution in [3.63, 3.8) is 0 Å². The second-order valence-corrected chi connectivity index (χ2v) is 4.32. The largest absolute Gasteiger partial charge is 0.468 e. The average Bonchev–Trinajstić information content (AvgIpc) is 2.44. The number of rotatable bonds is 2. The van der Waals surface area contributed by atoms with Crippen molar-refractivity contribution in [2.45, 2.75) is 25.7 Å². The van der Waals surface area contributed by atoms with Gasteiger partial charge in [-0.05, 0) is 25.3 Å². The molecule has 0 aliphatic heterocycles. The summed E-state index contributed by atoms with van der Waals surface area (Å²) in [5.41, 5.74) is -1.58. The molecule has 0 bridgehead atoms. The van der Waals surface area contributed by atoms with Gasteiger partial charge >= 0.3 is 11.9 Å². The smallest absolute Gasteiger partial charge is 0.327 e. The van der Waals surface area contributed by atoms with Crippen LogP contribution in [-0.2, 0) is 23.9 Å². The summed E-state index contributed by atoms with van der Waals surface area (Å²) in [7, 11) is 2.40. The zero-order valence-corrected chi connectivity index (χ0v) is 11.2. The minimum Gasteiger partial charge on any atom is -0.468 e. The summed E-state index contributed by atoms with van der Waals surface area (Å²) in [6.07, 6.45) is 8.16. The number of esters is 2. The van der Waals surface area contributed by atoms with Crippen LogP contribution in [0.4, 0.5) is 0 Å². The van der Waals surface area contributed by atoms with Gasteiger partial charge in [-0.3, -0.25) is 14.4 Å². The number of methoxy groups -OCH3 is 2. The van der Waals surface area contributed by atoms with Crippen LogP contribution in [0.3, 0.4) is 0 Å². The summed E-state index contributed by atoms with van der Waals surface area (Å²) in [6.45, 7) is 0. The van der Waals surface area contributed by atoms with Crippen LogP contribution in [0.2, 0.25) is 0 Å². The second-order valence-electron chi connectivity index (χ2n) is 4.32. The summed E-state index contributed by atoms with van der Waals surface area (Å²) in [6, 6.07) is 0. The molecule has 1 rings (SSSR count). The lowest BCUT2D eigenvalue weighted by Crippen LogP contribution is -2.39. The van der Waals surface area contributed by atoms with Crippen molar-refractivity contribution in [1.82, 2.24) is 0 Å². The highest BCUT2D eigenvalue weighted by molar-refractivity contribution is 6.04. The van der Waals surface area contributed by atoms with E-state index in [0.29, 0.717) is 6.42 Å². The summed E-state index contributed by atoms with van der Waals surface area (Å²) in [5, 5.41) is 0. The monoisotopic (exact) mass is 266 g/mol. The molecule has 0 amide bonds. The Hall–Kier alpha value is -1.91. The van der Waals surface area contributed by atoms with Crippen LogP contribution in [0, 0.1) is 5.41 Å². The van der Waals surface area contributed by atoms with Crippen molar-refractivity contribution in [3.05, 3.63) is 24.3 Å². The molecule has 5 nitrogen and oxygen atoms in total. The first-order valence-electron chi connectivity index (χ1n) is 6.10. The maximum atomic E-state index is 11.9. The molecule has 1 aliphatic carbocycles. The number of carbonyl (C=O) groups is 3. The van der Waals surface area contributed by atoms with E-state index in [2.05, 4.69) is 9.47 Å². The highest BCUT2D eigenvalue weighted by Gasteiger charge is 2.45. The third-order valence-electron chi connectivity index (χ3n) is 3.05. The predicted octanol–water partition coefficient (Wildman–Crippen LogP) is 1.57. The van der Waals surface area contributed by atoms with Gasteiger partial charge in [0, 0.05) is 6.42 Å². The molecule has 1 aliphatic rings. The SMILES string of the molecule is COC(=O)C1(C(=O)OC)/C=C\C(=O)CCC/C=C\C1. The van der Waals surface area contributed by atoms with Gasteiger partial charge in [0.15, 0.2) is 11.2 Å². The molecule has 0 N–H and O–H groups in total. The lowest BCUT2D eigenvalue weighted by Gasteiger charge is -2.23. The molecule has 0 saturated heterocycles. The average molecular weight is 266 g/mol. The number of ketones is 1. The number of hydrogen-bond acceptors (Lipinski definition) is 5. The highest BCUT2D eigenvalue weighted by Crippen LogP contribution is 2.29. The number of ether oxygens (including phenoxy) is 2. The van der Waals surface area contributed by atoms with Crippen LogP contribution < -0.4 is 0 Å². The van der Waals surface area contributed by atoms with Crippen LogP contribution in [-0.4, -0.2) is 31.9 Å². The first-order valence-corrected chi connectivity index (χ1v) is 6.10. The Morgan fingerprint density at radius 1 is 1.16 bits per heavy atom. The highest BCUT2D eigenvalue weighted by atomic mass is 16.5. The fourth-order valence-electron chi connectivity index (χ4n) is 1.92. The normalized spacial score (nSPS) is 22.1.